The first-order valence-corrected chi connectivity index (χ1v) is 5.35. The minimum Gasteiger partial charge on any atom is -0.508 e. The summed E-state index contributed by atoms with van der Waals surface area (Å²) in [4.78, 5) is 15.0. The number of rotatable bonds is 2. The molecule has 0 aliphatic carbocycles. The Morgan fingerprint density at radius 2 is 2.07 bits per heavy atom. The van der Waals surface area contributed by atoms with Crippen molar-refractivity contribution in [3.8, 4) is 5.75 Å². The highest BCUT2D eigenvalue weighted by molar-refractivity contribution is 8.15. The summed E-state index contributed by atoms with van der Waals surface area (Å²) in [6, 6.07) is 6.78. The molecule has 4 nitrogen and oxygen atoms in total. The normalized spacial score (nSPS) is 20.4. The van der Waals surface area contributed by atoms with E-state index in [1.807, 2.05) is 0 Å². The Morgan fingerprint density at radius 3 is 2.60 bits per heavy atom. The highest BCUT2D eigenvalue weighted by Gasteiger charge is 2.26. The zero-order valence-corrected chi connectivity index (χ0v) is 8.70. The van der Waals surface area contributed by atoms with Crippen LogP contribution in [0.2, 0.25) is 0 Å². The van der Waals surface area contributed by atoms with E-state index in [0.29, 0.717) is 11.6 Å². The van der Waals surface area contributed by atoms with Crippen molar-refractivity contribution in [2.75, 3.05) is 0 Å². The number of hydrogen-bond donors (Lipinski definition) is 2. The van der Waals surface area contributed by atoms with Crippen LogP contribution in [0.4, 0.5) is 0 Å². The summed E-state index contributed by atoms with van der Waals surface area (Å²) in [5.41, 5.74) is 6.43. The third-order valence-corrected chi connectivity index (χ3v) is 3.10. The zero-order chi connectivity index (χ0) is 10.8. The van der Waals surface area contributed by atoms with Gasteiger partial charge in [-0.05, 0) is 24.1 Å². The van der Waals surface area contributed by atoms with Crippen LogP contribution in [0.15, 0.2) is 29.3 Å². The van der Waals surface area contributed by atoms with Crippen LogP contribution in [-0.4, -0.2) is 21.4 Å². The van der Waals surface area contributed by atoms with E-state index in [0.717, 1.165) is 5.56 Å². The number of benzene rings is 1. The fraction of sp³-hybridized carbons (Fsp3) is 0.200. The molecule has 0 saturated carbocycles. The molecule has 2 rings (SSSR count). The van der Waals surface area contributed by atoms with Crippen LogP contribution in [0.1, 0.15) is 5.56 Å². The number of carbonyl (C=O) groups is 1. The lowest BCUT2D eigenvalue weighted by Crippen LogP contribution is -2.14. The molecule has 15 heavy (non-hydrogen) atoms. The molecule has 5 heteroatoms. The van der Waals surface area contributed by atoms with E-state index in [-0.39, 0.29) is 16.9 Å². The minimum atomic E-state index is -0.213. The molecule has 0 bridgehead atoms. The first-order chi connectivity index (χ1) is 7.15. The third-order valence-electron chi connectivity index (χ3n) is 2.12. The van der Waals surface area contributed by atoms with Gasteiger partial charge in [0.25, 0.3) is 5.91 Å². The van der Waals surface area contributed by atoms with E-state index >= 15 is 0 Å². The lowest BCUT2D eigenvalue weighted by molar-refractivity contribution is -0.117. The number of carbonyl (C=O) groups excluding carboxylic acids is 1. The van der Waals surface area contributed by atoms with Gasteiger partial charge in [0.05, 0.1) is 5.25 Å². The molecule has 1 aromatic rings. The lowest BCUT2D eigenvalue weighted by atomic mass is 10.1. The fourth-order valence-electron chi connectivity index (χ4n) is 1.38. The first-order valence-electron chi connectivity index (χ1n) is 4.48. The Morgan fingerprint density at radius 1 is 1.40 bits per heavy atom. The summed E-state index contributed by atoms with van der Waals surface area (Å²) in [7, 11) is 0. The Hall–Kier alpha value is -1.49. The summed E-state index contributed by atoms with van der Waals surface area (Å²) in [6.45, 7) is 0. The van der Waals surface area contributed by atoms with Crippen molar-refractivity contribution in [2.45, 2.75) is 11.7 Å². The monoisotopic (exact) mass is 222 g/mol. The van der Waals surface area contributed by atoms with Crippen molar-refractivity contribution >= 4 is 22.8 Å². The standard InChI is InChI=1S/C10H10N2O2S/c11-10-12-9(14)8(15-10)5-6-1-3-7(13)4-2-6/h1-4,8,13H,5H2,(H2,11,12,14). The van der Waals surface area contributed by atoms with Crippen LogP contribution in [0, 0.1) is 0 Å². The number of aliphatic imine (C=N–C) groups is 1. The van der Waals surface area contributed by atoms with Crippen LogP contribution in [0.25, 0.3) is 0 Å². The molecule has 1 aromatic carbocycles. The fourth-order valence-corrected chi connectivity index (χ4v) is 2.24. The number of hydrogen-bond acceptors (Lipinski definition) is 4. The van der Waals surface area contributed by atoms with E-state index < -0.39 is 0 Å². The summed E-state index contributed by atoms with van der Waals surface area (Å²) >= 11 is 1.29. The van der Waals surface area contributed by atoms with Crippen molar-refractivity contribution in [3.05, 3.63) is 29.8 Å². The summed E-state index contributed by atoms with van der Waals surface area (Å²) in [6.07, 6.45) is 0.591. The number of phenolic OH excluding ortho intramolecular Hbond substituents is 1. The molecule has 3 N–H and O–H groups in total. The summed E-state index contributed by atoms with van der Waals surface area (Å²) in [5, 5.41) is 9.22. The predicted molar refractivity (Wildman–Crippen MR) is 59.8 cm³/mol. The quantitative estimate of drug-likeness (QED) is 0.779. The van der Waals surface area contributed by atoms with E-state index in [2.05, 4.69) is 4.99 Å². The maximum absolute atomic E-state index is 11.3. The van der Waals surface area contributed by atoms with Crippen molar-refractivity contribution in [3.63, 3.8) is 0 Å². The van der Waals surface area contributed by atoms with Gasteiger partial charge in [-0.15, -0.1) is 0 Å². The molecule has 0 saturated heterocycles. The van der Waals surface area contributed by atoms with Gasteiger partial charge in [-0.25, -0.2) is 0 Å². The van der Waals surface area contributed by atoms with Gasteiger partial charge in [0.2, 0.25) is 0 Å². The van der Waals surface area contributed by atoms with E-state index in [1.165, 1.54) is 11.8 Å². The average Bonchev–Trinajstić information content (AvgIpc) is 2.49. The highest BCUT2D eigenvalue weighted by atomic mass is 32.2. The van der Waals surface area contributed by atoms with Gasteiger partial charge in [0.1, 0.15) is 5.75 Å². The van der Waals surface area contributed by atoms with Crippen molar-refractivity contribution < 1.29 is 9.90 Å². The Balaban J connectivity index is 2.04. The molecule has 1 aliphatic heterocycles. The molecule has 0 fully saturated rings. The summed E-state index contributed by atoms with van der Waals surface area (Å²) < 4.78 is 0. The van der Waals surface area contributed by atoms with E-state index in [1.54, 1.807) is 24.3 Å². The number of phenols is 1. The number of amides is 1. The number of nitrogens with two attached hydrogens (primary N) is 1. The molecule has 1 unspecified atom stereocenters. The second-order valence-corrected chi connectivity index (χ2v) is 4.49. The molecule has 1 amide bonds. The van der Waals surface area contributed by atoms with Crippen LogP contribution in [-0.2, 0) is 11.2 Å². The lowest BCUT2D eigenvalue weighted by Gasteiger charge is -2.05. The van der Waals surface area contributed by atoms with Gasteiger partial charge in [-0.3, -0.25) is 4.79 Å². The molecule has 1 heterocycles. The van der Waals surface area contributed by atoms with Gasteiger partial charge in [-0.1, -0.05) is 23.9 Å². The van der Waals surface area contributed by atoms with Crippen LogP contribution < -0.4 is 5.73 Å². The summed E-state index contributed by atoms with van der Waals surface area (Å²) in [5.74, 6) is 0.0468. The van der Waals surface area contributed by atoms with Crippen LogP contribution in [0.5, 0.6) is 5.75 Å². The van der Waals surface area contributed by atoms with E-state index in [9.17, 15) is 4.79 Å². The van der Waals surface area contributed by atoms with Gasteiger partial charge < -0.3 is 10.8 Å². The van der Waals surface area contributed by atoms with Gasteiger partial charge in [-0.2, -0.15) is 4.99 Å². The number of amidine groups is 1. The molecule has 0 radical (unpaired) electrons. The topological polar surface area (TPSA) is 75.7 Å². The van der Waals surface area contributed by atoms with Crippen LogP contribution >= 0.6 is 11.8 Å². The molecule has 1 aliphatic rings. The number of thioether (sulfide) groups is 1. The van der Waals surface area contributed by atoms with Gasteiger partial charge in [0.15, 0.2) is 5.17 Å². The Bertz CT molecular complexity index is 414. The third kappa shape index (κ3) is 2.30. The van der Waals surface area contributed by atoms with E-state index in [4.69, 9.17) is 10.8 Å². The molecule has 0 spiro atoms. The smallest absolute Gasteiger partial charge is 0.261 e. The SMILES string of the molecule is NC1=NC(=O)C(Cc2ccc(O)cc2)S1. The van der Waals surface area contributed by atoms with Gasteiger partial charge in [0, 0.05) is 0 Å². The number of aromatic hydroxyl groups is 1. The highest BCUT2D eigenvalue weighted by Crippen LogP contribution is 2.24. The Labute approximate surface area is 91.2 Å². The molecule has 78 valence electrons. The van der Waals surface area contributed by atoms with Crippen molar-refractivity contribution in [1.82, 2.24) is 0 Å². The second-order valence-electron chi connectivity index (χ2n) is 3.27. The van der Waals surface area contributed by atoms with Crippen molar-refractivity contribution in [1.29, 1.82) is 0 Å². The average molecular weight is 222 g/mol. The van der Waals surface area contributed by atoms with Crippen molar-refractivity contribution in [2.24, 2.45) is 10.7 Å². The first kappa shape index (κ1) is 10.0. The maximum atomic E-state index is 11.3. The maximum Gasteiger partial charge on any atom is 0.261 e. The second kappa shape index (κ2) is 3.94. The van der Waals surface area contributed by atoms with Crippen LogP contribution in [0.3, 0.4) is 0 Å². The zero-order valence-electron chi connectivity index (χ0n) is 7.88. The number of nitrogens with zero attached hydrogens (tertiary/aromatic N) is 1. The Kier molecular flexibility index (Phi) is 2.64. The minimum absolute atomic E-state index is 0.175. The molecular formula is C10H10N2O2S. The molecule has 0 aromatic heterocycles. The molecule has 1 atom stereocenters. The van der Waals surface area contributed by atoms with Gasteiger partial charge >= 0.3 is 0 Å². The largest absolute Gasteiger partial charge is 0.508 e. The predicted octanol–water partition coefficient (Wildman–Crippen LogP) is 0.891. The molecular weight excluding hydrogens is 212 g/mol.